The molecule has 0 aliphatic rings. The number of rotatable bonds is 2. The Kier molecular flexibility index (Phi) is 2.52. The molecule has 0 saturated heterocycles. The van der Waals surface area contributed by atoms with Gasteiger partial charge in [-0.05, 0) is 6.07 Å². The third kappa shape index (κ3) is 2.09. The summed E-state index contributed by atoms with van der Waals surface area (Å²) < 4.78 is 0. The van der Waals surface area contributed by atoms with E-state index < -0.39 is 11.0 Å². The van der Waals surface area contributed by atoms with Crippen LogP contribution in [0.25, 0.3) is 0 Å². The van der Waals surface area contributed by atoms with Gasteiger partial charge in [0.1, 0.15) is 5.75 Å². The number of amides is 1. The first-order valence-electron chi connectivity index (χ1n) is 3.48. The summed E-state index contributed by atoms with van der Waals surface area (Å²) in [5.41, 5.74) is -0.516. The number of hydrogen-bond acceptors (Lipinski definition) is 4. The molecule has 0 radical (unpaired) electrons. The van der Waals surface area contributed by atoms with Crippen LogP contribution in [-0.2, 0) is 0 Å². The van der Waals surface area contributed by atoms with Crippen molar-refractivity contribution in [1.82, 2.24) is 0 Å². The van der Waals surface area contributed by atoms with Gasteiger partial charge in [0.25, 0.3) is 5.69 Å². The Morgan fingerprint density at radius 1 is 1.50 bits per heavy atom. The molecule has 0 aliphatic heterocycles. The first-order chi connectivity index (χ1) is 6.50. The largest absolute Gasteiger partial charge is 0.506 e. The van der Waals surface area contributed by atoms with Crippen LogP contribution in [0.4, 0.5) is 16.2 Å². The number of nitro groups is 1. The van der Waals surface area contributed by atoms with E-state index in [0.717, 1.165) is 18.2 Å². The number of nitro benzene ring substituents is 1. The first-order valence-corrected chi connectivity index (χ1v) is 3.48. The van der Waals surface area contributed by atoms with Gasteiger partial charge in [-0.3, -0.25) is 15.4 Å². The average Bonchev–Trinajstić information content (AvgIpc) is 2.07. The quantitative estimate of drug-likeness (QED) is 0.377. The second kappa shape index (κ2) is 3.60. The molecule has 0 atom stereocenters. The highest BCUT2D eigenvalue weighted by atomic mass is 16.6. The Balaban J connectivity index is 3.08. The van der Waals surface area contributed by atoms with E-state index in [2.05, 4.69) is 0 Å². The fourth-order valence-corrected chi connectivity index (χ4v) is 0.853. The summed E-state index contributed by atoms with van der Waals surface area (Å²) in [5, 5.41) is 29.6. The molecule has 1 aromatic carbocycles. The van der Waals surface area contributed by atoms with Crippen LogP contribution < -0.4 is 5.32 Å². The lowest BCUT2D eigenvalue weighted by atomic mass is 10.2. The summed E-state index contributed by atoms with van der Waals surface area (Å²) in [4.78, 5) is 19.8. The molecule has 0 heterocycles. The number of non-ortho nitro benzene ring substituents is 1. The molecule has 0 saturated carbocycles. The first kappa shape index (κ1) is 9.78. The van der Waals surface area contributed by atoms with Crippen LogP contribution in [0.5, 0.6) is 5.75 Å². The van der Waals surface area contributed by atoms with Crippen LogP contribution in [0.3, 0.4) is 0 Å². The van der Waals surface area contributed by atoms with E-state index in [1.807, 2.05) is 5.32 Å². The lowest BCUT2D eigenvalue weighted by Crippen LogP contribution is -2.07. The van der Waals surface area contributed by atoms with E-state index >= 15 is 0 Å². The molecule has 0 aromatic heterocycles. The van der Waals surface area contributed by atoms with Gasteiger partial charge in [0.15, 0.2) is 0 Å². The van der Waals surface area contributed by atoms with Crippen molar-refractivity contribution in [2.24, 2.45) is 0 Å². The molecule has 0 aliphatic carbocycles. The minimum absolute atomic E-state index is 0.216. The fraction of sp³-hybridized carbons (Fsp3) is 0. The Morgan fingerprint density at radius 3 is 2.64 bits per heavy atom. The van der Waals surface area contributed by atoms with Gasteiger partial charge in [-0.2, -0.15) is 0 Å². The number of nitrogens with zero attached hydrogens (tertiary/aromatic N) is 1. The normalized spacial score (nSPS) is 9.43. The second-order valence-electron chi connectivity index (χ2n) is 2.39. The van der Waals surface area contributed by atoms with E-state index in [0.29, 0.717) is 0 Å². The molecule has 1 rings (SSSR count). The predicted octanol–water partition coefficient (Wildman–Crippen LogP) is 1.39. The zero-order chi connectivity index (χ0) is 10.7. The fourth-order valence-electron chi connectivity index (χ4n) is 0.853. The summed E-state index contributed by atoms with van der Waals surface area (Å²) in [7, 11) is 0. The Labute approximate surface area is 77.7 Å². The van der Waals surface area contributed by atoms with Crippen molar-refractivity contribution in [1.29, 1.82) is 0 Å². The maximum absolute atomic E-state index is 10.3. The molecule has 3 N–H and O–H groups in total. The van der Waals surface area contributed by atoms with E-state index in [9.17, 15) is 14.9 Å². The number of carbonyl (C=O) groups is 1. The Bertz CT molecular complexity index is 390. The topological polar surface area (TPSA) is 113 Å². The van der Waals surface area contributed by atoms with Gasteiger partial charge in [0.05, 0.1) is 10.6 Å². The van der Waals surface area contributed by atoms with Crippen LogP contribution in [-0.4, -0.2) is 21.2 Å². The van der Waals surface area contributed by atoms with E-state index in [-0.39, 0.29) is 17.1 Å². The number of nitrogens with one attached hydrogen (secondary N) is 1. The molecule has 7 nitrogen and oxygen atoms in total. The van der Waals surface area contributed by atoms with Crippen LogP contribution in [0.15, 0.2) is 18.2 Å². The number of hydrogen-bond donors (Lipinski definition) is 3. The summed E-state index contributed by atoms with van der Waals surface area (Å²) >= 11 is 0. The van der Waals surface area contributed by atoms with Crippen molar-refractivity contribution >= 4 is 17.5 Å². The van der Waals surface area contributed by atoms with Crippen LogP contribution in [0, 0.1) is 10.1 Å². The minimum Gasteiger partial charge on any atom is -0.506 e. The van der Waals surface area contributed by atoms with E-state index in [4.69, 9.17) is 10.2 Å². The average molecular weight is 198 g/mol. The molecule has 0 unspecified atom stereocenters. The number of carboxylic acid groups (broad SMARTS) is 1. The molecular weight excluding hydrogens is 192 g/mol. The van der Waals surface area contributed by atoms with Crippen molar-refractivity contribution in [3.05, 3.63) is 28.3 Å². The third-order valence-corrected chi connectivity index (χ3v) is 1.43. The highest BCUT2D eigenvalue weighted by Gasteiger charge is 2.11. The van der Waals surface area contributed by atoms with Crippen molar-refractivity contribution < 1.29 is 19.9 Å². The lowest BCUT2D eigenvalue weighted by molar-refractivity contribution is -0.384. The number of phenolic OH excluding ortho intramolecular Hbond substituents is 1. The van der Waals surface area contributed by atoms with Gasteiger partial charge in [-0.15, -0.1) is 0 Å². The van der Waals surface area contributed by atoms with Gasteiger partial charge in [-0.1, -0.05) is 0 Å². The van der Waals surface area contributed by atoms with Gasteiger partial charge < -0.3 is 10.2 Å². The van der Waals surface area contributed by atoms with Crippen molar-refractivity contribution in [2.75, 3.05) is 5.32 Å². The number of benzene rings is 1. The van der Waals surface area contributed by atoms with Crippen molar-refractivity contribution in [3.8, 4) is 5.75 Å². The molecule has 1 amide bonds. The zero-order valence-corrected chi connectivity index (χ0v) is 6.80. The lowest BCUT2D eigenvalue weighted by Gasteiger charge is -2.02. The number of phenols is 1. The zero-order valence-electron chi connectivity index (χ0n) is 6.80. The van der Waals surface area contributed by atoms with Gasteiger partial charge >= 0.3 is 6.09 Å². The Hall–Kier alpha value is -2.31. The molecule has 14 heavy (non-hydrogen) atoms. The monoisotopic (exact) mass is 198 g/mol. The van der Waals surface area contributed by atoms with Crippen LogP contribution in [0.1, 0.15) is 0 Å². The highest BCUT2D eigenvalue weighted by Crippen LogP contribution is 2.27. The summed E-state index contributed by atoms with van der Waals surface area (Å²) in [6.45, 7) is 0. The molecule has 0 spiro atoms. The van der Waals surface area contributed by atoms with Crippen molar-refractivity contribution in [2.45, 2.75) is 0 Å². The maximum Gasteiger partial charge on any atom is 0.409 e. The molecule has 74 valence electrons. The van der Waals surface area contributed by atoms with Crippen molar-refractivity contribution in [3.63, 3.8) is 0 Å². The second-order valence-corrected chi connectivity index (χ2v) is 2.39. The predicted molar refractivity (Wildman–Crippen MR) is 46.4 cm³/mol. The number of aromatic hydroxyl groups is 1. The molecule has 0 bridgehead atoms. The van der Waals surface area contributed by atoms with Crippen LogP contribution >= 0.6 is 0 Å². The molecule has 0 fully saturated rings. The van der Waals surface area contributed by atoms with Gasteiger partial charge in [0, 0.05) is 12.1 Å². The van der Waals surface area contributed by atoms with Crippen LogP contribution in [0.2, 0.25) is 0 Å². The van der Waals surface area contributed by atoms with Gasteiger partial charge in [-0.25, -0.2) is 4.79 Å². The SMILES string of the molecule is O=C(O)Nc1cc([N+](=O)[O-])ccc1O. The standard InChI is InChI=1S/C7H6N2O5/c10-6-2-1-4(9(13)14)3-5(6)8-7(11)12/h1-3,8,10H,(H,11,12). The smallest absolute Gasteiger partial charge is 0.409 e. The minimum atomic E-state index is -1.40. The Morgan fingerprint density at radius 2 is 2.14 bits per heavy atom. The summed E-state index contributed by atoms with van der Waals surface area (Å²) in [6.07, 6.45) is -1.40. The van der Waals surface area contributed by atoms with Gasteiger partial charge in [0.2, 0.25) is 0 Å². The summed E-state index contributed by atoms with van der Waals surface area (Å²) in [5.74, 6) is -0.363. The third-order valence-electron chi connectivity index (χ3n) is 1.43. The maximum atomic E-state index is 10.3. The number of anilines is 1. The van der Waals surface area contributed by atoms with E-state index in [1.165, 1.54) is 0 Å². The molecule has 1 aromatic rings. The molecule has 7 heteroatoms. The molecular formula is C7H6N2O5. The highest BCUT2D eigenvalue weighted by molar-refractivity contribution is 5.85. The van der Waals surface area contributed by atoms with E-state index in [1.54, 1.807) is 0 Å². The summed E-state index contributed by atoms with van der Waals surface area (Å²) in [6, 6.07) is 3.05.